The van der Waals surface area contributed by atoms with E-state index in [1.807, 2.05) is 0 Å². The zero-order valence-corrected chi connectivity index (χ0v) is 13.0. The number of benzene rings is 2. The van der Waals surface area contributed by atoms with Gasteiger partial charge in [0.1, 0.15) is 11.9 Å². The fraction of sp³-hybridized carbons (Fsp3) is 0.188. The third-order valence-corrected chi connectivity index (χ3v) is 5.19. The van der Waals surface area contributed by atoms with Gasteiger partial charge in [-0.2, -0.15) is 4.72 Å². The van der Waals surface area contributed by atoms with E-state index >= 15 is 0 Å². The number of amides is 1. The fourth-order valence-corrected chi connectivity index (χ4v) is 3.80. The molecule has 3 rings (SSSR count). The van der Waals surface area contributed by atoms with Crippen molar-refractivity contribution in [2.45, 2.75) is 17.4 Å². The van der Waals surface area contributed by atoms with Gasteiger partial charge in [0, 0.05) is 6.54 Å². The number of para-hydroxylation sites is 1. The summed E-state index contributed by atoms with van der Waals surface area (Å²) in [5.41, 5.74) is 0.166. The van der Waals surface area contributed by atoms with Crippen LogP contribution >= 0.6 is 0 Å². The second-order valence-electron chi connectivity index (χ2n) is 5.22. The number of sulfonamides is 1. The highest BCUT2D eigenvalue weighted by atomic mass is 32.2. The van der Waals surface area contributed by atoms with Gasteiger partial charge in [-0.05, 0) is 30.7 Å². The SMILES string of the molecule is O=C1C(NS(=O)(=O)c2ccccc2)CCN1c1ccccc1F. The number of halogens is 1. The normalized spacial score (nSPS) is 18.4. The molecule has 5 nitrogen and oxygen atoms in total. The Bertz CT molecular complexity index is 824. The summed E-state index contributed by atoms with van der Waals surface area (Å²) in [7, 11) is -3.78. The van der Waals surface area contributed by atoms with Crippen LogP contribution in [0.4, 0.5) is 10.1 Å². The topological polar surface area (TPSA) is 66.5 Å². The molecule has 1 heterocycles. The summed E-state index contributed by atoms with van der Waals surface area (Å²) in [5.74, 6) is -0.956. The van der Waals surface area contributed by atoms with E-state index < -0.39 is 27.8 Å². The Hall–Kier alpha value is -2.25. The maximum atomic E-state index is 13.8. The van der Waals surface area contributed by atoms with Crippen LogP contribution in [0.3, 0.4) is 0 Å². The van der Waals surface area contributed by atoms with Crippen molar-refractivity contribution in [2.24, 2.45) is 0 Å². The van der Waals surface area contributed by atoms with Gasteiger partial charge in [-0.15, -0.1) is 0 Å². The lowest BCUT2D eigenvalue weighted by molar-refractivity contribution is -0.118. The summed E-state index contributed by atoms with van der Waals surface area (Å²) in [5, 5.41) is 0. The molecule has 1 saturated heterocycles. The van der Waals surface area contributed by atoms with E-state index in [4.69, 9.17) is 0 Å². The number of rotatable bonds is 4. The van der Waals surface area contributed by atoms with Gasteiger partial charge in [-0.25, -0.2) is 12.8 Å². The zero-order valence-electron chi connectivity index (χ0n) is 12.1. The van der Waals surface area contributed by atoms with Gasteiger partial charge in [-0.3, -0.25) is 4.79 Å². The molecular weight excluding hydrogens is 319 g/mol. The van der Waals surface area contributed by atoms with Crippen LogP contribution in [0.25, 0.3) is 0 Å². The van der Waals surface area contributed by atoms with Gasteiger partial charge in [-0.1, -0.05) is 30.3 Å². The van der Waals surface area contributed by atoms with Gasteiger partial charge in [0.05, 0.1) is 10.6 Å². The minimum atomic E-state index is -3.78. The van der Waals surface area contributed by atoms with Crippen molar-refractivity contribution in [3.63, 3.8) is 0 Å². The van der Waals surface area contributed by atoms with Crippen molar-refractivity contribution < 1.29 is 17.6 Å². The molecule has 1 N–H and O–H groups in total. The van der Waals surface area contributed by atoms with E-state index in [0.717, 1.165) is 0 Å². The number of hydrogen-bond donors (Lipinski definition) is 1. The molecule has 120 valence electrons. The van der Waals surface area contributed by atoms with E-state index in [9.17, 15) is 17.6 Å². The Morgan fingerprint density at radius 2 is 1.70 bits per heavy atom. The van der Waals surface area contributed by atoms with Gasteiger partial charge in [0.25, 0.3) is 0 Å². The second-order valence-corrected chi connectivity index (χ2v) is 6.93. The first-order valence-corrected chi connectivity index (χ1v) is 8.60. The predicted molar refractivity (Wildman–Crippen MR) is 83.9 cm³/mol. The van der Waals surface area contributed by atoms with E-state index in [-0.39, 0.29) is 17.1 Å². The van der Waals surface area contributed by atoms with Crippen LogP contribution in [0, 0.1) is 5.82 Å². The Labute approximate surface area is 133 Å². The molecular formula is C16H15FN2O3S. The molecule has 0 radical (unpaired) electrons. The molecule has 2 aromatic carbocycles. The molecule has 0 aromatic heterocycles. The third kappa shape index (κ3) is 3.11. The second kappa shape index (κ2) is 6.10. The summed E-state index contributed by atoms with van der Waals surface area (Å²) < 4.78 is 40.8. The van der Waals surface area contributed by atoms with Gasteiger partial charge < -0.3 is 4.90 Å². The first-order chi connectivity index (χ1) is 11.0. The highest BCUT2D eigenvalue weighted by molar-refractivity contribution is 7.89. The van der Waals surface area contributed by atoms with Crippen molar-refractivity contribution in [2.75, 3.05) is 11.4 Å². The van der Waals surface area contributed by atoms with Crippen LogP contribution in [0.5, 0.6) is 0 Å². The summed E-state index contributed by atoms with van der Waals surface area (Å²) in [6, 6.07) is 12.9. The first kappa shape index (κ1) is 15.6. The molecule has 1 amide bonds. The van der Waals surface area contributed by atoms with Crippen molar-refractivity contribution >= 4 is 21.6 Å². The van der Waals surface area contributed by atoms with Crippen LogP contribution in [-0.2, 0) is 14.8 Å². The maximum absolute atomic E-state index is 13.8. The summed E-state index contributed by atoms with van der Waals surface area (Å²) in [6.45, 7) is 0.266. The Morgan fingerprint density at radius 1 is 1.04 bits per heavy atom. The van der Waals surface area contributed by atoms with Crippen LogP contribution in [0.1, 0.15) is 6.42 Å². The number of nitrogens with one attached hydrogen (secondary N) is 1. The molecule has 1 aliphatic rings. The highest BCUT2D eigenvalue weighted by Gasteiger charge is 2.36. The monoisotopic (exact) mass is 334 g/mol. The van der Waals surface area contributed by atoms with Gasteiger partial charge >= 0.3 is 0 Å². The number of carbonyl (C=O) groups excluding carboxylic acids is 1. The largest absolute Gasteiger partial charge is 0.308 e. The lowest BCUT2D eigenvalue weighted by Crippen LogP contribution is -2.41. The van der Waals surface area contributed by atoms with E-state index in [0.29, 0.717) is 6.42 Å². The third-order valence-electron chi connectivity index (χ3n) is 3.70. The van der Waals surface area contributed by atoms with Crippen molar-refractivity contribution in [3.8, 4) is 0 Å². The standard InChI is InChI=1S/C16H15FN2O3S/c17-13-8-4-5-9-15(13)19-11-10-14(16(19)20)18-23(21,22)12-6-2-1-3-7-12/h1-9,14,18H,10-11H2. The number of hydrogen-bond acceptors (Lipinski definition) is 3. The number of carbonyl (C=O) groups is 1. The van der Waals surface area contributed by atoms with Crippen LogP contribution in [0.15, 0.2) is 59.5 Å². The van der Waals surface area contributed by atoms with Crippen LogP contribution < -0.4 is 9.62 Å². The number of nitrogens with zero attached hydrogens (tertiary/aromatic N) is 1. The van der Waals surface area contributed by atoms with Crippen LogP contribution in [0.2, 0.25) is 0 Å². The highest BCUT2D eigenvalue weighted by Crippen LogP contribution is 2.25. The summed E-state index contributed by atoms with van der Waals surface area (Å²) in [6.07, 6.45) is 0.291. The fourth-order valence-electron chi connectivity index (χ4n) is 2.55. The molecule has 0 bridgehead atoms. The molecule has 1 atom stereocenters. The molecule has 0 spiro atoms. The van der Waals surface area contributed by atoms with E-state index in [2.05, 4.69) is 4.72 Å². The Morgan fingerprint density at radius 3 is 2.39 bits per heavy atom. The van der Waals surface area contributed by atoms with Crippen molar-refractivity contribution in [1.82, 2.24) is 4.72 Å². The minimum Gasteiger partial charge on any atom is -0.308 e. The summed E-state index contributed by atoms with van der Waals surface area (Å²) >= 11 is 0. The zero-order chi connectivity index (χ0) is 16.4. The molecule has 1 unspecified atom stereocenters. The smallest absolute Gasteiger partial charge is 0.245 e. The van der Waals surface area contributed by atoms with Crippen LogP contribution in [-0.4, -0.2) is 26.9 Å². The molecule has 0 saturated carbocycles. The average Bonchev–Trinajstić information content (AvgIpc) is 2.89. The average molecular weight is 334 g/mol. The molecule has 7 heteroatoms. The molecule has 0 aliphatic carbocycles. The first-order valence-electron chi connectivity index (χ1n) is 7.12. The lowest BCUT2D eigenvalue weighted by Gasteiger charge is -2.18. The van der Waals surface area contributed by atoms with Crippen molar-refractivity contribution in [3.05, 3.63) is 60.4 Å². The molecule has 23 heavy (non-hydrogen) atoms. The Kier molecular flexibility index (Phi) is 4.14. The van der Waals surface area contributed by atoms with Gasteiger partial charge in [0.15, 0.2) is 0 Å². The Balaban J connectivity index is 1.79. The van der Waals surface area contributed by atoms with Gasteiger partial charge in [0.2, 0.25) is 15.9 Å². The maximum Gasteiger partial charge on any atom is 0.245 e. The quantitative estimate of drug-likeness (QED) is 0.929. The van der Waals surface area contributed by atoms with E-state index in [1.165, 1.54) is 35.2 Å². The predicted octanol–water partition coefficient (Wildman–Crippen LogP) is 1.91. The van der Waals surface area contributed by atoms with Crippen molar-refractivity contribution in [1.29, 1.82) is 0 Å². The number of anilines is 1. The minimum absolute atomic E-state index is 0.0946. The summed E-state index contributed by atoms with van der Waals surface area (Å²) in [4.78, 5) is 13.8. The molecule has 1 fully saturated rings. The lowest BCUT2D eigenvalue weighted by atomic mass is 10.2. The molecule has 2 aromatic rings. The molecule has 1 aliphatic heterocycles. The van der Waals surface area contributed by atoms with E-state index in [1.54, 1.807) is 24.3 Å².